The van der Waals surface area contributed by atoms with E-state index < -0.39 is 39.4 Å². The molecule has 0 aromatic rings. The molecule has 0 N–H and O–H groups in total. The molecule has 12 heteroatoms. The molecule has 0 radical (unpaired) electrons. The highest BCUT2D eigenvalue weighted by molar-refractivity contribution is 8.73. The fourth-order valence-corrected chi connectivity index (χ4v) is 28.8. The number of hydrogen-bond acceptors (Lipinski definition) is 7. The largest absolute Gasteiger partial charge is 0.454 e. The van der Waals surface area contributed by atoms with E-state index in [9.17, 15) is 25.3 Å². The van der Waals surface area contributed by atoms with Gasteiger partial charge >= 0.3 is 5.52 Å². The second kappa shape index (κ2) is 5.75. The Hall–Kier alpha value is 0.317. The molecule has 7 nitrogen and oxygen atoms in total. The van der Waals surface area contributed by atoms with Crippen LogP contribution in [0.4, 0.5) is 0 Å². The number of hydrogen-bond donors (Lipinski definition) is 0. The van der Waals surface area contributed by atoms with Crippen molar-refractivity contribution in [2.75, 3.05) is 31.4 Å². The van der Waals surface area contributed by atoms with Crippen molar-refractivity contribution in [2.45, 2.75) is 6.04 Å². The lowest BCUT2D eigenvalue weighted by atomic mass is 10.9. The lowest BCUT2D eigenvalue weighted by Gasteiger charge is -2.24. The van der Waals surface area contributed by atoms with Crippen LogP contribution in [0, 0.1) is 0 Å². The number of alkyl halides is 1. The van der Waals surface area contributed by atoms with Crippen molar-refractivity contribution >= 4 is 45.0 Å². The van der Waals surface area contributed by atoms with Gasteiger partial charge in [-0.1, -0.05) is 11.6 Å². The van der Waals surface area contributed by atoms with E-state index >= 15 is 0 Å². The number of ether oxygens (including phenoxy) is 1. The number of halogens is 1. The van der Waals surface area contributed by atoms with E-state index in [0.29, 0.717) is 18.8 Å². The van der Waals surface area contributed by atoms with Gasteiger partial charge in [0.1, 0.15) is 6.07 Å². The average Bonchev–Trinajstić information content (AvgIpc) is 2.05. The molecule has 0 bridgehead atoms. The Labute approximate surface area is 112 Å². The Kier molecular flexibility index (Phi) is 5.85. The van der Waals surface area contributed by atoms with Gasteiger partial charge in [0.2, 0.25) is 0 Å². The van der Waals surface area contributed by atoms with Gasteiger partial charge in [-0.3, -0.25) is 0 Å². The van der Waals surface area contributed by atoms with E-state index in [2.05, 4.69) is 4.74 Å². The van der Waals surface area contributed by atoms with Crippen molar-refractivity contribution in [3.05, 3.63) is 0 Å². The highest BCUT2D eigenvalue weighted by Gasteiger charge is 2.64. The molecule has 0 saturated heterocycles. The minimum atomic E-state index is -4.70. The Bertz CT molecular complexity index is 512. The van der Waals surface area contributed by atoms with Crippen LogP contribution in [0.5, 0.6) is 0 Å². The van der Waals surface area contributed by atoms with E-state index in [1.807, 2.05) is 0 Å². The van der Waals surface area contributed by atoms with Crippen molar-refractivity contribution in [1.29, 1.82) is 0 Å². The monoisotopic (exact) mass is 358 g/mol. The molecule has 0 aliphatic rings. The molecule has 18 heavy (non-hydrogen) atoms. The summed E-state index contributed by atoms with van der Waals surface area (Å²) in [6.45, 7) is -0.344. The molecule has 0 unspecified atom stereocenters. The minimum Gasteiger partial charge on any atom is -0.366 e. The third-order valence-electron chi connectivity index (χ3n) is 2.32. The fourth-order valence-electron chi connectivity index (χ4n) is 1.63. The van der Waals surface area contributed by atoms with Gasteiger partial charge in [0.25, 0.3) is 0 Å². The lowest BCUT2D eigenvalue weighted by molar-refractivity contribution is 0.195. The Morgan fingerprint density at radius 3 is 1.44 bits per heavy atom. The van der Waals surface area contributed by atoms with Crippen LogP contribution in [0.25, 0.3) is 0 Å². The van der Waals surface area contributed by atoms with Crippen LogP contribution in [-0.4, -0.2) is 62.2 Å². The van der Waals surface area contributed by atoms with Crippen LogP contribution >= 0.6 is 11.6 Å². The van der Waals surface area contributed by atoms with Crippen molar-refractivity contribution in [1.82, 2.24) is 0 Å². The summed E-state index contributed by atoms with van der Waals surface area (Å²) in [7, 11) is -12.8. The Balaban J connectivity index is 6.12. The van der Waals surface area contributed by atoms with Crippen LogP contribution in [0.1, 0.15) is 0 Å². The minimum absolute atomic E-state index is 0.276. The van der Waals surface area contributed by atoms with Crippen molar-refractivity contribution in [3.63, 3.8) is 0 Å². The average molecular weight is 359 g/mol. The molecule has 0 fully saturated rings. The van der Waals surface area contributed by atoms with Crippen LogP contribution in [0.15, 0.2) is 0 Å². The molecule has 0 saturated carbocycles. The SMILES string of the molecule is CS(=O)(=O)[Si](CCOCCl)(S(C)(=O)=O)S(C)(=O)=O. The Morgan fingerprint density at radius 1 is 0.889 bits per heavy atom. The summed E-state index contributed by atoms with van der Waals surface area (Å²) >= 11 is 5.22. The van der Waals surface area contributed by atoms with E-state index in [0.717, 1.165) is 0 Å². The van der Waals surface area contributed by atoms with Gasteiger partial charge in [0, 0.05) is 31.4 Å². The van der Waals surface area contributed by atoms with Gasteiger partial charge in [-0.2, -0.15) is 0 Å². The van der Waals surface area contributed by atoms with Crippen molar-refractivity contribution < 1.29 is 30.0 Å². The first-order valence-electron chi connectivity index (χ1n) is 4.54. The topological polar surface area (TPSA) is 112 Å². The summed E-state index contributed by atoms with van der Waals surface area (Å²) in [5, 5.41) is 0. The highest BCUT2D eigenvalue weighted by atomic mass is 35.5. The second-order valence-corrected chi connectivity index (χ2v) is 25.8. The summed E-state index contributed by atoms with van der Waals surface area (Å²) in [5.41, 5.74) is -4.70. The molecule has 0 aliphatic carbocycles. The normalized spacial score (nSPS) is 14.7. The zero-order chi connectivity index (χ0) is 14.8. The number of rotatable bonds is 7. The van der Waals surface area contributed by atoms with E-state index in [1.54, 1.807) is 0 Å². The molecule has 0 aromatic carbocycles. The summed E-state index contributed by atoms with van der Waals surface area (Å²) in [6.07, 6.45) is 1.88. The van der Waals surface area contributed by atoms with Gasteiger partial charge < -0.3 is 4.74 Å². The molecular weight excluding hydrogens is 344 g/mol. The fraction of sp³-hybridized carbons (Fsp3) is 1.00. The summed E-state index contributed by atoms with van der Waals surface area (Å²) in [5.74, 6) is 0. The molecule has 0 aromatic heterocycles. The lowest BCUT2D eigenvalue weighted by Crippen LogP contribution is -2.58. The molecule has 0 rings (SSSR count). The van der Waals surface area contributed by atoms with Crippen LogP contribution in [0.3, 0.4) is 0 Å². The van der Waals surface area contributed by atoms with E-state index in [1.165, 1.54) is 0 Å². The predicted molar refractivity (Wildman–Crippen MR) is 71.8 cm³/mol. The second-order valence-electron chi connectivity index (χ2n) is 3.77. The molecular formula is C6H15ClO7S3Si. The molecule has 0 amide bonds. The van der Waals surface area contributed by atoms with Gasteiger partial charge in [-0.25, -0.2) is 25.3 Å². The maximum absolute atomic E-state index is 11.8. The smallest absolute Gasteiger partial charge is 0.366 e. The van der Waals surface area contributed by atoms with Crippen LogP contribution in [-0.2, 0) is 32.6 Å². The zero-order valence-corrected chi connectivity index (χ0v) is 14.3. The molecule has 0 aliphatic heterocycles. The summed E-state index contributed by atoms with van der Waals surface area (Å²) in [6, 6.07) is -0.863. The highest BCUT2D eigenvalue weighted by Crippen LogP contribution is 2.28. The quantitative estimate of drug-likeness (QED) is 0.335. The van der Waals surface area contributed by atoms with Gasteiger partial charge in [0.15, 0.2) is 27.9 Å². The van der Waals surface area contributed by atoms with Gasteiger partial charge in [0.05, 0.1) is 0 Å². The standard InChI is InChI=1S/C6H15ClO7S3Si/c1-15(8,9)18(16(2,10)11,17(3,12)13)5-4-14-6-7/h4-6H2,1-3H3. The zero-order valence-electron chi connectivity index (χ0n) is 10.1. The Morgan fingerprint density at radius 2 is 1.22 bits per heavy atom. The van der Waals surface area contributed by atoms with Gasteiger partial charge in [-0.15, -0.1) is 0 Å². The van der Waals surface area contributed by atoms with E-state index in [4.69, 9.17) is 11.6 Å². The predicted octanol–water partition coefficient (Wildman–Crippen LogP) is -0.728. The first-order valence-corrected chi connectivity index (χ1v) is 15.1. The third-order valence-corrected chi connectivity index (χ3v) is 35.0. The molecule has 0 atom stereocenters. The maximum atomic E-state index is 11.8. The molecule has 0 heterocycles. The van der Waals surface area contributed by atoms with Gasteiger partial charge in [-0.05, 0) is 0 Å². The van der Waals surface area contributed by atoms with E-state index in [-0.39, 0.29) is 12.7 Å². The first kappa shape index (κ1) is 18.3. The molecule has 110 valence electrons. The summed E-state index contributed by atoms with van der Waals surface area (Å²) in [4.78, 5) is 0. The van der Waals surface area contributed by atoms with Crippen molar-refractivity contribution in [2.24, 2.45) is 0 Å². The van der Waals surface area contributed by atoms with Crippen LogP contribution in [0.2, 0.25) is 6.04 Å². The summed E-state index contributed by atoms with van der Waals surface area (Å²) < 4.78 is 75.2. The van der Waals surface area contributed by atoms with Crippen LogP contribution < -0.4 is 0 Å². The van der Waals surface area contributed by atoms with Crippen molar-refractivity contribution in [3.8, 4) is 0 Å². The molecule has 0 spiro atoms. The first-order chi connectivity index (χ1) is 7.81. The third kappa shape index (κ3) is 3.45. The maximum Gasteiger partial charge on any atom is 0.454 e.